The van der Waals surface area contributed by atoms with Crippen molar-refractivity contribution >= 4 is 23.5 Å². The molecule has 9 heteroatoms. The van der Waals surface area contributed by atoms with Gasteiger partial charge in [-0.3, -0.25) is 4.79 Å². The Kier molecular flexibility index (Phi) is 6.03. The first-order valence-corrected chi connectivity index (χ1v) is 9.84. The molecule has 8 nitrogen and oxygen atoms in total. The van der Waals surface area contributed by atoms with E-state index < -0.39 is 0 Å². The third-order valence-electron chi connectivity index (χ3n) is 4.24. The molecule has 0 aliphatic carbocycles. The highest BCUT2D eigenvalue weighted by molar-refractivity contribution is 8.00. The number of aromatic nitrogens is 5. The molecule has 1 amide bonds. The van der Waals surface area contributed by atoms with Crippen LogP contribution in [-0.4, -0.2) is 42.8 Å². The smallest absolute Gasteiger partial charge is 0.238 e. The Hall–Kier alpha value is -2.81. The fourth-order valence-corrected chi connectivity index (χ4v) is 3.56. The number of rotatable bonds is 7. The van der Waals surface area contributed by atoms with Gasteiger partial charge in [-0.2, -0.15) is 5.10 Å². The van der Waals surface area contributed by atoms with E-state index in [9.17, 15) is 4.79 Å². The van der Waals surface area contributed by atoms with Crippen molar-refractivity contribution < 1.29 is 9.53 Å². The lowest BCUT2D eigenvalue weighted by atomic mass is 10.2. The van der Waals surface area contributed by atoms with Crippen LogP contribution in [0.1, 0.15) is 26.8 Å². The van der Waals surface area contributed by atoms with E-state index in [0.717, 1.165) is 11.3 Å². The lowest BCUT2D eigenvalue weighted by molar-refractivity contribution is -0.115. The zero-order chi connectivity index (χ0) is 20.3. The molecule has 0 radical (unpaired) electrons. The molecule has 3 aromatic rings. The number of carbonyl (C=O) groups is 1. The number of thioether (sulfide) groups is 1. The summed E-state index contributed by atoms with van der Waals surface area (Å²) in [5.74, 6) is 1.97. The Balaban J connectivity index is 1.74. The summed E-state index contributed by atoms with van der Waals surface area (Å²) in [6, 6.07) is 9.59. The number of nitrogens with zero attached hydrogens (tertiary/aromatic N) is 5. The topological polar surface area (TPSA) is 86.9 Å². The number of carbonyl (C=O) groups excluding carboxylic acids is 1. The molecular weight excluding hydrogens is 376 g/mol. The molecule has 2 heterocycles. The fraction of sp³-hybridized carbons (Fsp3) is 0.368. The summed E-state index contributed by atoms with van der Waals surface area (Å²) >= 11 is 1.35. The molecule has 0 bridgehead atoms. The van der Waals surface area contributed by atoms with Crippen molar-refractivity contribution in [3.8, 4) is 17.1 Å². The van der Waals surface area contributed by atoms with Gasteiger partial charge in [-0.25, -0.2) is 4.68 Å². The van der Waals surface area contributed by atoms with Crippen LogP contribution in [0.2, 0.25) is 0 Å². The van der Waals surface area contributed by atoms with E-state index in [1.165, 1.54) is 11.8 Å². The lowest BCUT2D eigenvalue weighted by Gasteiger charge is -2.14. The van der Waals surface area contributed by atoms with Gasteiger partial charge in [0.25, 0.3) is 0 Å². The fourth-order valence-electron chi connectivity index (χ4n) is 2.75. The van der Waals surface area contributed by atoms with Gasteiger partial charge in [0.05, 0.1) is 24.1 Å². The molecule has 0 spiro atoms. The minimum Gasteiger partial charge on any atom is -0.496 e. The number of benzene rings is 1. The monoisotopic (exact) mass is 400 g/mol. The van der Waals surface area contributed by atoms with Crippen LogP contribution in [-0.2, 0) is 11.8 Å². The molecule has 0 fully saturated rings. The molecular formula is C19H24N6O2S. The van der Waals surface area contributed by atoms with E-state index in [0.29, 0.717) is 16.8 Å². The zero-order valence-corrected chi connectivity index (χ0v) is 17.4. The van der Waals surface area contributed by atoms with Gasteiger partial charge in [0.1, 0.15) is 11.6 Å². The molecule has 0 aliphatic heterocycles. The van der Waals surface area contributed by atoms with Crippen molar-refractivity contribution in [1.82, 2.24) is 24.5 Å². The second kappa shape index (κ2) is 8.47. The average molecular weight is 401 g/mol. The van der Waals surface area contributed by atoms with Crippen molar-refractivity contribution in [3.63, 3.8) is 0 Å². The van der Waals surface area contributed by atoms with Gasteiger partial charge >= 0.3 is 0 Å². The van der Waals surface area contributed by atoms with Crippen molar-refractivity contribution in [1.29, 1.82) is 0 Å². The number of hydrogen-bond donors (Lipinski definition) is 1. The van der Waals surface area contributed by atoms with Crippen molar-refractivity contribution in [2.45, 2.75) is 37.2 Å². The molecule has 0 aliphatic rings. The number of anilines is 1. The summed E-state index contributed by atoms with van der Waals surface area (Å²) in [6.45, 7) is 5.87. The van der Waals surface area contributed by atoms with Gasteiger partial charge in [-0.05, 0) is 32.9 Å². The van der Waals surface area contributed by atoms with Gasteiger partial charge in [-0.1, -0.05) is 23.9 Å². The van der Waals surface area contributed by atoms with E-state index in [2.05, 4.69) is 20.6 Å². The Morgan fingerprint density at radius 2 is 1.93 bits per heavy atom. The Morgan fingerprint density at radius 1 is 1.18 bits per heavy atom. The first-order chi connectivity index (χ1) is 13.4. The van der Waals surface area contributed by atoms with Gasteiger partial charge in [0.2, 0.25) is 5.91 Å². The summed E-state index contributed by atoms with van der Waals surface area (Å²) in [7, 11) is 3.50. The predicted molar refractivity (Wildman–Crippen MR) is 110 cm³/mol. The second-order valence-electron chi connectivity index (χ2n) is 6.57. The number of ether oxygens (including phenoxy) is 1. The summed E-state index contributed by atoms with van der Waals surface area (Å²) in [5.41, 5.74) is 0.852. The first-order valence-electron chi connectivity index (χ1n) is 8.96. The molecule has 1 aromatic carbocycles. The number of methoxy groups -OCH3 is 1. The minimum atomic E-state index is -0.357. The van der Waals surface area contributed by atoms with Crippen LogP contribution in [0.4, 0.5) is 5.82 Å². The number of amides is 1. The molecule has 28 heavy (non-hydrogen) atoms. The molecule has 2 aromatic heterocycles. The van der Waals surface area contributed by atoms with Gasteiger partial charge < -0.3 is 14.6 Å². The number of para-hydroxylation sites is 1. The van der Waals surface area contributed by atoms with Crippen LogP contribution < -0.4 is 10.1 Å². The standard InChI is InChI=1S/C19H24N6O2S/c1-12(2)25-16(10-11-20-25)21-18(26)13(3)28-19-23-22-17(24(19)4)14-8-6-7-9-15(14)27-5/h6-13H,1-5H3,(H,21,26)/t13-/m0/s1. The summed E-state index contributed by atoms with van der Waals surface area (Å²) in [5, 5.41) is 16.0. The Labute approximate surface area is 168 Å². The van der Waals surface area contributed by atoms with Crippen molar-refractivity contribution in [3.05, 3.63) is 36.5 Å². The molecule has 1 atom stereocenters. The van der Waals surface area contributed by atoms with Gasteiger partial charge in [-0.15, -0.1) is 10.2 Å². The van der Waals surface area contributed by atoms with Gasteiger partial charge in [0.15, 0.2) is 11.0 Å². The van der Waals surface area contributed by atoms with Crippen LogP contribution in [0.15, 0.2) is 41.7 Å². The van der Waals surface area contributed by atoms with Crippen LogP contribution in [0.25, 0.3) is 11.4 Å². The second-order valence-corrected chi connectivity index (χ2v) is 7.88. The Bertz CT molecular complexity index is 965. The maximum Gasteiger partial charge on any atom is 0.238 e. The molecule has 3 rings (SSSR count). The highest BCUT2D eigenvalue weighted by Gasteiger charge is 2.21. The van der Waals surface area contributed by atoms with E-state index in [4.69, 9.17) is 4.74 Å². The number of hydrogen-bond acceptors (Lipinski definition) is 6. The third kappa shape index (κ3) is 4.04. The van der Waals surface area contributed by atoms with Crippen molar-refractivity contribution in [2.75, 3.05) is 12.4 Å². The quantitative estimate of drug-likeness (QED) is 0.612. The van der Waals surface area contributed by atoms with E-state index >= 15 is 0 Å². The van der Waals surface area contributed by atoms with Crippen LogP contribution in [0, 0.1) is 0 Å². The molecule has 1 N–H and O–H groups in total. The predicted octanol–water partition coefficient (Wildman–Crippen LogP) is 3.39. The summed E-state index contributed by atoms with van der Waals surface area (Å²) in [4.78, 5) is 12.6. The van der Waals surface area contributed by atoms with E-state index in [-0.39, 0.29) is 17.2 Å². The minimum absolute atomic E-state index is 0.116. The normalized spacial score (nSPS) is 12.2. The SMILES string of the molecule is COc1ccccc1-c1nnc(S[C@@H](C)C(=O)Nc2ccnn2C(C)C)n1C. The first kappa shape index (κ1) is 19.9. The number of nitrogens with one attached hydrogen (secondary N) is 1. The summed E-state index contributed by atoms with van der Waals surface area (Å²) < 4.78 is 9.05. The largest absolute Gasteiger partial charge is 0.496 e. The third-order valence-corrected chi connectivity index (χ3v) is 5.38. The molecule has 0 saturated heterocycles. The lowest BCUT2D eigenvalue weighted by Crippen LogP contribution is -2.25. The molecule has 148 valence electrons. The maximum atomic E-state index is 12.6. The van der Waals surface area contributed by atoms with Crippen LogP contribution in [0.3, 0.4) is 0 Å². The van der Waals surface area contributed by atoms with E-state index in [1.54, 1.807) is 24.1 Å². The maximum absolute atomic E-state index is 12.6. The average Bonchev–Trinajstić information content (AvgIpc) is 3.29. The molecule has 0 saturated carbocycles. The summed E-state index contributed by atoms with van der Waals surface area (Å²) in [6.07, 6.45) is 1.68. The van der Waals surface area contributed by atoms with Crippen LogP contribution in [0.5, 0.6) is 5.75 Å². The van der Waals surface area contributed by atoms with E-state index in [1.807, 2.05) is 56.7 Å². The van der Waals surface area contributed by atoms with Crippen molar-refractivity contribution in [2.24, 2.45) is 7.05 Å². The van der Waals surface area contributed by atoms with Gasteiger partial charge in [0, 0.05) is 19.2 Å². The van der Waals surface area contributed by atoms with Crippen LogP contribution >= 0.6 is 11.8 Å². The highest BCUT2D eigenvalue weighted by Crippen LogP contribution is 2.31. The highest BCUT2D eigenvalue weighted by atomic mass is 32.2. The Morgan fingerprint density at radius 3 is 2.64 bits per heavy atom. The molecule has 0 unspecified atom stereocenters. The zero-order valence-electron chi connectivity index (χ0n) is 16.6.